The van der Waals surface area contributed by atoms with Gasteiger partial charge in [0.1, 0.15) is 29.3 Å². The van der Waals surface area contributed by atoms with Crippen molar-refractivity contribution in [2.45, 2.75) is 94.4 Å². The van der Waals surface area contributed by atoms with E-state index in [0.717, 1.165) is 78.3 Å². The van der Waals surface area contributed by atoms with Gasteiger partial charge >= 0.3 is 12.2 Å². The van der Waals surface area contributed by atoms with Gasteiger partial charge in [-0.1, -0.05) is 24.3 Å². The zero-order chi connectivity index (χ0) is 39.6. The number of carbonyl (C=O) groups is 4. The molecule has 4 aliphatic heterocycles. The number of nitrogens with one attached hydrogen (secondary N) is 4. The summed E-state index contributed by atoms with van der Waals surface area (Å²) in [6, 6.07) is 9.14. The second kappa shape index (κ2) is 14.5. The number of hydrogen-bond acceptors (Lipinski definition) is 10. The number of imidazole rings is 1. The number of nitrogens with zero attached hydrogens (tertiary/aromatic N) is 4. The summed E-state index contributed by atoms with van der Waals surface area (Å²) in [5.74, 6) is 2.28. The highest BCUT2D eigenvalue weighted by molar-refractivity contribution is 5.98. The highest BCUT2D eigenvalue weighted by Crippen LogP contribution is 2.56. The summed E-state index contributed by atoms with van der Waals surface area (Å²) in [6.07, 6.45) is 7.25. The number of likely N-dealkylation sites (tertiary alicyclic amines) is 2. The third-order valence-corrected chi connectivity index (χ3v) is 13.1. The zero-order valence-electron chi connectivity index (χ0n) is 32.9. The molecule has 1 saturated carbocycles. The fourth-order valence-corrected chi connectivity index (χ4v) is 9.99. The lowest BCUT2D eigenvalue weighted by Gasteiger charge is -2.47. The van der Waals surface area contributed by atoms with Crippen LogP contribution in [-0.2, 0) is 35.8 Å². The lowest BCUT2D eigenvalue weighted by atomic mass is 9.73. The van der Waals surface area contributed by atoms with Gasteiger partial charge in [0.2, 0.25) is 11.8 Å². The molecule has 15 heteroatoms. The first kappa shape index (κ1) is 37.2. The highest BCUT2D eigenvalue weighted by Gasteiger charge is 2.48. The van der Waals surface area contributed by atoms with Crippen LogP contribution in [0.3, 0.4) is 0 Å². The Morgan fingerprint density at radius 3 is 2.18 bits per heavy atom. The Balaban J connectivity index is 1.02. The molecule has 9 rings (SSSR count). The Morgan fingerprint density at radius 2 is 1.54 bits per heavy atom. The first-order valence-corrected chi connectivity index (χ1v) is 20.2. The number of amides is 4. The first-order valence-electron chi connectivity index (χ1n) is 20.2. The van der Waals surface area contributed by atoms with Crippen LogP contribution in [0.2, 0.25) is 0 Å². The van der Waals surface area contributed by atoms with Gasteiger partial charge in [-0.25, -0.2) is 19.6 Å². The van der Waals surface area contributed by atoms with Gasteiger partial charge in [0.15, 0.2) is 0 Å². The number of aromatic amines is 1. The number of aliphatic imine (C=N–C) groups is 1. The largest absolute Gasteiger partial charge is 0.453 e. The van der Waals surface area contributed by atoms with E-state index in [2.05, 4.69) is 51.3 Å². The highest BCUT2D eigenvalue weighted by atomic mass is 16.5. The van der Waals surface area contributed by atoms with Crippen LogP contribution >= 0.6 is 0 Å². The molecule has 2 aliphatic carbocycles. The number of methoxy groups -OCH3 is 2. The van der Waals surface area contributed by atoms with E-state index in [-0.39, 0.29) is 23.9 Å². The van der Waals surface area contributed by atoms with Crippen LogP contribution in [0.1, 0.15) is 86.8 Å². The summed E-state index contributed by atoms with van der Waals surface area (Å²) in [5.41, 5.74) is 8.73. The molecule has 57 heavy (non-hydrogen) atoms. The summed E-state index contributed by atoms with van der Waals surface area (Å²) in [5, 5.41) is 8.92. The molecule has 3 saturated heterocycles. The molecule has 1 aromatic heterocycles. The molecule has 3 aromatic rings. The average Bonchev–Trinajstić information content (AvgIpc) is 4.02. The van der Waals surface area contributed by atoms with Crippen LogP contribution in [0.4, 0.5) is 15.3 Å². The van der Waals surface area contributed by atoms with E-state index in [9.17, 15) is 19.2 Å². The number of hydrogen-bond donors (Lipinski definition) is 4. The molecule has 15 nitrogen and oxygen atoms in total. The predicted octanol–water partition coefficient (Wildman–Crippen LogP) is 4.80. The van der Waals surface area contributed by atoms with E-state index in [1.165, 1.54) is 37.3 Å². The Kier molecular flexibility index (Phi) is 9.45. The van der Waals surface area contributed by atoms with Crippen molar-refractivity contribution < 1.29 is 33.4 Å². The second-order valence-electron chi connectivity index (χ2n) is 16.4. The number of carbonyl (C=O) groups excluding carboxylic acids is 4. The Bertz CT molecular complexity index is 2160. The molecule has 4 fully saturated rings. The van der Waals surface area contributed by atoms with Crippen molar-refractivity contribution in [3.05, 3.63) is 59.0 Å². The van der Waals surface area contributed by atoms with E-state index in [1.807, 2.05) is 16.0 Å². The topological polar surface area (TPSA) is 180 Å². The van der Waals surface area contributed by atoms with Gasteiger partial charge in [-0.15, -0.1) is 0 Å². The van der Waals surface area contributed by atoms with Crippen LogP contribution in [0.5, 0.6) is 0 Å². The van der Waals surface area contributed by atoms with E-state index in [4.69, 9.17) is 24.2 Å². The smallest absolute Gasteiger partial charge is 0.407 e. The molecule has 4 N–H and O–H groups in total. The van der Waals surface area contributed by atoms with Crippen LogP contribution in [0.25, 0.3) is 22.4 Å². The number of H-pyrrole nitrogens is 1. The second-order valence-corrected chi connectivity index (χ2v) is 16.4. The van der Waals surface area contributed by atoms with Crippen LogP contribution in [0, 0.1) is 5.92 Å². The Hall–Kier alpha value is -5.44. The summed E-state index contributed by atoms with van der Waals surface area (Å²) < 4.78 is 15.2. The van der Waals surface area contributed by atoms with Gasteiger partial charge < -0.3 is 44.9 Å². The summed E-state index contributed by atoms with van der Waals surface area (Å²) >= 11 is 0. The maximum absolute atomic E-state index is 13.6. The van der Waals surface area contributed by atoms with Gasteiger partial charge in [-0.3, -0.25) is 9.59 Å². The number of amidine groups is 1. The fraction of sp³-hybridized carbons (Fsp3) is 0.524. The number of rotatable bonds is 8. The van der Waals surface area contributed by atoms with E-state index < -0.39 is 29.8 Å². The molecule has 2 aromatic carbocycles. The molecule has 300 valence electrons. The minimum atomic E-state index is -0.733. The summed E-state index contributed by atoms with van der Waals surface area (Å²) in [6.45, 7) is 5.55. The third-order valence-electron chi connectivity index (χ3n) is 13.1. The maximum atomic E-state index is 13.6. The van der Waals surface area contributed by atoms with Gasteiger partial charge in [0.05, 0.1) is 57.1 Å². The van der Waals surface area contributed by atoms with Gasteiger partial charge in [-0.05, 0) is 98.9 Å². The molecule has 0 bridgehead atoms. The van der Waals surface area contributed by atoms with Crippen LogP contribution < -0.4 is 16.0 Å². The monoisotopic (exact) mass is 778 g/mol. The Labute approximate surface area is 331 Å². The molecular weight excluding hydrogens is 729 g/mol. The van der Waals surface area contributed by atoms with E-state index in [1.54, 1.807) is 13.8 Å². The number of ether oxygens (including phenoxy) is 3. The molecule has 4 amide bonds. The van der Waals surface area contributed by atoms with Crippen LogP contribution in [0.15, 0.2) is 41.5 Å². The van der Waals surface area contributed by atoms with Crippen molar-refractivity contribution in [2.75, 3.05) is 40.5 Å². The quantitative estimate of drug-likeness (QED) is 0.250. The van der Waals surface area contributed by atoms with Crippen molar-refractivity contribution in [1.29, 1.82) is 0 Å². The molecule has 1 spiro atoms. The number of benzene rings is 2. The molecule has 6 atom stereocenters. The standard InChI is InChI=1S/C42H50N8O7/c1-22(44-40(53)55-3)38(51)49-15-5-7-33(49)36-43-19-32(47-36)28-13-12-26(29-17-24-9-11-27(24)35(28)29)25-10-14-30-31(18-25)46-37(48-42(30)20-57-21-42)34-8-6-16-50(34)39(52)23(2)45-41(54)56-4/h10,12-14,18-19,22-24,27,33-34H,5-9,11,15-17,20-21H2,1-4H3,(H,43,47)(H,44,53)(H,45,54)(H,46,48)/t22-,23-,24?,27?,33-,34-/m0/s1. The maximum Gasteiger partial charge on any atom is 0.407 e. The van der Waals surface area contributed by atoms with Crippen molar-refractivity contribution in [2.24, 2.45) is 10.9 Å². The first-order chi connectivity index (χ1) is 27.6. The van der Waals surface area contributed by atoms with Crippen molar-refractivity contribution in [3.8, 4) is 22.4 Å². The van der Waals surface area contributed by atoms with Crippen molar-refractivity contribution in [3.63, 3.8) is 0 Å². The van der Waals surface area contributed by atoms with Gasteiger partial charge in [0.25, 0.3) is 0 Å². The predicted molar refractivity (Wildman–Crippen MR) is 210 cm³/mol. The molecular formula is C42H50N8O7. The molecule has 6 aliphatic rings. The zero-order valence-corrected chi connectivity index (χ0v) is 32.9. The van der Waals surface area contributed by atoms with Crippen LogP contribution in [-0.4, -0.2) is 108 Å². The lowest BCUT2D eigenvalue weighted by Crippen LogP contribution is -2.64. The van der Waals surface area contributed by atoms with Gasteiger partial charge in [-0.2, -0.15) is 0 Å². The SMILES string of the molecule is COC(=O)N[C@@H](C)C(=O)N1CCC[C@H]1C1=Nc2cc(-c3ccc(-c4cnc([C@@H]5CCCN5C(=O)[C@H](C)NC(=O)OC)[nH]4)c4c3CC3CCC43)ccc2C2(COC2)N1. The average molecular weight is 779 g/mol. The third kappa shape index (κ3) is 6.30. The molecule has 0 radical (unpaired) electrons. The van der Waals surface area contributed by atoms with E-state index in [0.29, 0.717) is 38.1 Å². The summed E-state index contributed by atoms with van der Waals surface area (Å²) in [7, 11) is 2.57. The van der Waals surface area contributed by atoms with E-state index >= 15 is 0 Å². The number of alkyl carbamates (subject to hydrolysis) is 2. The number of fused-ring (bicyclic) bond motifs is 5. The van der Waals surface area contributed by atoms with Crippen molar-refractivity contribution in [1.82, 2.24) is 35.7 Å². The minimum Gasteiger partial charge on any atom is -0.453 e. The number of aromatic nitrogens is 2. The normalized spacial score (nSPS) is 24.8. The fourth-order valence-electron chi connectivity index (χ4n) is 9.99. The lowest BCUT2D eigenvalue weighted by molar-refractivity contribution is -0.134. The minimum absolute atomic E-state index is 0.159. The molecule has 2 unspecified atom stereocenters. The molecule has 5 heterocycles. The Morgan fingerprint density at radius 1 is 0.877 bits per heavy atom. The van der Waals surface area contributed by atoms with Crippen molar-refractivity contribution >= 4 is 35.5 Å². The van der Waals surface area contributed by atoms with Gasteiger partial charge in [0, 0.05) is 24.2 Å². The summed E-state index contributed by atoms with van der Waals surface area (Å²) in [4.78, 5) is 67.9.